The minimum atomic E-state index is -0.907. The molecule has 0 aliphatic carbocycles. The molecule has 1 atom stereocenters. The number of hydrogen-bond donors (Lipinski definition) is 3. The van der Waals surface area contributed by atoms with Crippen LogP contribution in [0.1, 0.15) is 48.9 Å². The van der Waals surface area contributed by atoms with Crippen molar-refractivity contribution in [3.05, 3.63) is 88.6 Å². The molecule has 2 aromatic carbocycles. The number of benzene rings is 2. The quantitative estimate of drug-likeness (QED) is 0.160. The van der Waals surface area contributed by atoms with Crippen molar-refractivity contribution >= 4 is 63.3 Å². The summed E-state index contributed by atoms with van der Waals surface area (Å²) in [6, 6.07) is 14.2. The summed E-state index contributed by atoms with van der Waals surface area (Å²) >= 11 is 13.8. The molecule has 1 amide bonds. The third-order valence-corrected chi connectivity index (χ3v) is 8.48. The summed E-state index contributed by atoms with van der Waals surface area (Å²) in [5.41, 5.74) is 3.77. The van der Waals surface area contributed by atoms with Crippen LogP contribution in [0.2, 0.25) is 10.0 Å². The number of halogens is 2. The number of amides is 1. The molecule has 0 saturated heterocycles. The van der Waals surface area contributed by atoms with E-state index in [1.807, 2.05) is 24.3 Å². The van der Waals surface area contributed by atoms with Gasteiger partial charge in [-0.05, 0) is 51.0 Å². The minimum absolute atomic E-state index is 0.173. The van der Waals surface area contributed by atoms with Gasteiger partial charge in [-0.3, -0.25) is 24.6 Å². The standard InChI is InChI=1S/C32H30Cl2N8O3/c1-32(2,31(44)45-3)40-20-11-6-16-42-25(20)17-24(41-42)30(43)39-22-10-5-8-19(27(22)34)18-7-4-9-21(26(18)33)38-29-28-23(12-13-37-29)35-14-15-36-28/h4-5,7-10,12-15,17,20,40H,6,11,16H2,1-3H3,(H,37,38)(H,39,43)/t20-/m0/s1. The first kappa shape index (κ1) is 30.4. The summed E-state index contributed by atoms with van der Waals surface area (Å²) in [5, 5.41) is 14.8. The molecule has 3 aromatic heterocycles. The average Bonchev–Trinajstić information content (AvgIpc) is 3.49. The van der Waals surface area contributed by atoms with Crippen LogP contribution in [-0.2, 0) is 16.1 Å². The fourth-order valence-electron chi connectivity index (χ4n) is 5.47. The Morgan fingerprint density at radius 1 is 0.956 bits per heavy atom. The summed E-state index contributed by atoms with van der Waals surface area (Å²) in [7, 11) is 1.36. The van der Waals surface area contributed by atoms with Crippen molar-refractivity contribution in [2.45, 2.75) is 44.8 Å². The van der Waals surface area contributed by atoms with Crippen molar-refractivity contribution in [1.82, 2.24) is 30.0 Å². The second-order valence-corrected chi connectivity index (χ2v) is 11.9. The number of aromatic nitrogens is 5. The number of hydrogen-bond acceptors (Lipinski definition) is 9. The number of carbonyl (C=O) groups is 2. The number of rotatable bonds is 8. The van der Waals surface area contributed by atoms with Gasteiger partial charge >= 0.3 is 5.97 Å². The summed E-state index contributed by atoms with van der Waals surface area (Å²) < 4.78 is 6.74. The van der Waals surface area contributed by atoms with E-state index >= 15 is 0 Å². The van der Waals surface area contributed by atoms with E-state index in [-0.39, 0.29) is 17.7 Å². The van der Waals surface area contributed by atoms with Gasteiger partial charge in [-0.1, -0.05) is 47.5 Å². The van der Waals surface area contributed by atoms with E-state index in [4.69, 9.17) is 27.9 Å². The van der Waals surface area contributed by atoms with Gasteiger partial charge in [0, 0.05) is 36.3 Å². The number of aryl methyl sites for hydroxylation is 1. The van der Waals surface area contributed by atoms with E-state index in [1.165, 1.54) is 7.11 Å². The van der Waals surface area contributed by atoms with Crippen molar-refractivity contribution in [2.75, 3.05) is 17.7 Å². The summed E-state index contributed by atoms with van der Waals surface area (Å²) in [4.78, 5) is 38.8. The Morgan fingerprint density at radius 2 is 1.67 bits per heavy atom. The molecule has 0 radical (unpaired) electrons. The van der Waals surface area contributed by atoms with Crippen LogP contribution >= 0.6 is 23.2 Å². The Bertz CT molecular complexity index is 1920. The molecule has 13 heteroatoms. The Hall–Kier alpha value is -4.58. The zero-order chi connectivity index (χ0) is 31.7. The highest BCUT2D eigenvalue weighted by Gasteiger charge is 2.34. The predicted molar refractivity (Wildman–Crippen MR) is 174 cm³/mol. The maximum absolute atomic E-state index is 13.4. The van der Waals surface area contributed by atoms with Crippen molar-refractivity contribution in [2.24, 2.45) is 0 Å². The fourth-order valence-corrected chi connectivity index (χ4v) is 6.02. The Morgan fingerprint density at radius 3 is 2.42 bits per heavy atom. The van der Waals surface area contributed by atoms with Gasteiger partial charge in [0.05, 0.1) is 45.8 Å². The van der Waals surface area contributed by atoms with Crippen molar-refractivity contribution in [1.29, 1.82) is 0 Å². The molecule has 6 rings (SSSR count). The molecule has 11 nitrogen and oxygen atoms in total. The largest absolute Gasteiger partial charge is 0.468 e. The van der Waals surface area contributed by atoms with Gasteiger partial charge in [0.2, 0.25) is 0 Å². The number of carbonyl (C=O) groups excluding carboxylic acids is 2. The lowest BCUT2D eigenvalue weighted by Gasteiger charge is -2.32. The first-order valence-corrected chi connectivity index (χ1v) is 15.1. The molecule has 0 fully saturated rings. The summed E-state index contributed by atoms with van der Waals surface area (Å²) in [5.74, 6) is -0.264. The highest BCUT2D eigenvalue weighted by molar-refractivity contribution is 6.39. The predicted octanol–water partition coefficient (Wildman–Crippen LogP) is 6.57. The van der Waals surface area contributed by atoms with Crippen molar-refractivity contribution in [3.63, 3.8) is 0 Å². The third-order valence-electron chi connectivity index (χ3n) is 7.67. The SMILES string of the molecule is COC(=O)C(C)(C)N[C@H]1CCCn2nc(C(=O)Nc3cccc(-c4cccc(Nc5nccc6nccnc56)c4Cl)c3Cl)cc21. The van der Waals surface area contributed by atoms with E-state index in [0.29, 0.717) is 55.9 Å². The normalized spacial score (nSPS) is 14.6. The number of methoxy groups -OCH3 is 1. The second kappa shape index (κ2) is 12.4. The number of ether oxygens (including phenoxy) is 1. The molecule has 0 saturated carbocycles. The average molecular weight is 646 g/mol. The van der Waals surface area contributed by atoms with E-state index in [2.05, 4.69) is 36.0 Å². The van der Waals surface area contributed by atoms with Crippen LogP contribution < -0.4 is 16.0 Å². The minimum Gasteiger partial charge on any atom is -0.468 e. The van der Waals surface area contributed by atoms with Gasteiger partial charge in [-0.25, -0.2) is 9.97 Å². The first-order chi connectivity index (χ1) is 21.7. The number of fused-ring (bicyclic) bond motifs is 2. The van der Waals surface area contributed by atoms with Gasteiger partial charge < -0.3 is 15.4 Å². The smallest absolute Gasteiger partial charge is 0.325 e. The summed E-state index contributed by atoms with van der Waals surface area (Å²) in [6.45, 7) is 4.20. The molecule has 1 aliphatic rings. The summed E-state index contributed by atoms with van der Waals surface area (Å²) in [6.07, 6.45) is 6.51. The molecule has 3 N–H and O–H groups in total. The van der Waals surface area contributed by atoms with Gasteiger partial charge in [0.15, 0.2) is 11.5 Å². The Balaban J connectivity index is 1.24. The number of esters is 1. The van der Waals surface area contributed by atoms with Crippen LogP contribution in [0, 0.1) is 0 Å². The second-order valence-electron chi connectivity index (χ2n) is 11.1. The topological polar surface area (TPSA) is 136 Å². The van der Waals surface area contributed by atoms with E-state index < -0.39 is 11.4 Å². The molecule has 1 aliphatic heterocycles. The third kappa shape index (κ3) is 6.06. The molecule has 45 heavy (non-hydrogen) atoms. The van der Waals surface area contributed by atoms with E-state index in [9.17, 15) is 9.59 Å². The maximum Gasteiger partial charge on any atom is 0.325 e. The molecule has 4 heterocycles. The highest BCUT2D eigenvalue weighted by Crippen LogP contribution is 2.41. The molecule has 0 spiro atoms. The lowest BCUT2D eigenvalue weighted by atomic mass is 9.98. The van der Waals surface area contributed by atoms with E-state index in [0.717, 1.165) is 18.5 Å². The monoisotopic (exact) mass is 644 g/mol. The van der Waals surface area contributed by atoms with Crippen LogP contribution in [0.15, 0.2) is 67.1 Å². The molecule has 230 valence electrons. The number of nitrogens with one attached hydrogen (secondary N) is 3. The van der Waals surface area contributed by atoms with Crippen LogP contribution in [0.4, 0.5) is 17.2 Å². The van der Waals surface area contributed by atoms with Gasteiger partial charge in [0.25, 0.3) is 5.91 Å². The lowest BCUT2D eigenvalue weighted by Crippen LogP contribution is -2.50. The molecule has 0 unspecified atom stereocenters. The molecule has 0 bridgehead atoms. The van der Waals surface area contributed by atoms with Gasteiger partial charge in [-0.15, -0.1) is 0 Å². The highest BCUT2D eigenvalue weighted by atomic mass is 35.5. The number of nitrogens with zero attached hydrogens (tertiary/aromatic N) is 5. The van der Waals surface area contributed by atoms with E-state index in [1.54, 1.807) is 61.4 Å². The number of anilines is 3. The zero-order valence-electron chi connectivity index (χ0n) is 24.8. The van der Waals surface area contributed by atoms with Crippen LogP contribution in [0.5, 0.6) is 0 Å². The molecule has 5 aromatic rings. The lowest BCUT2D eigenvalue weighted by molar-refractivity contribution is -0.147. The Labute approximate surface area is 269 Å². The van der Waals surface area contributed by atoms with Crippen LogP contribution in [0.3, 0.4) is 0 Å². The molecular weight excluding hydrogens is 615 g/mol. The van der Waals surface area contributed by atoms with Gasteiger partial charge in [-0.2, -0.15) is 5.10 Å². The van der Waals surface area contributed by atoms with Gasteiger partial charge in [0.1, 0.15) is 11.1 Å². The fraction of sp³-hybridized carbons (Fsp3) is 0.250. The van der Waals surface area contributed by atoms with Crippen LogP contribution in [-0.4, -0.2) is 49.3 Å². The Kier molecular flexibility index (Phi) is 8.41. The van der Waals surface area contributed by atoms with Crippen molar-refractivity contribution in [3.8, 4) is 11.1 Å². The maximum atomic E-state index is 13.4. The zero-order valence-corrected chi connectivity index (χ0v) is 26.3. The molecular formula is C32H30Cl2N8O3. The first-order valence-electron chi connectivity index (χ1n) is 14.3. The van der Waals surface area contributed by atoms with Crippen LogP contribution in [0.25, 0.3) is 22.2 Å². The number of pyridine rings is 1. The van der Waals surface area contributed by atoms with Crippen molar-refractivity contribution < 1.29 is 14.3 Å².